The second kappa shape index (κ2) is 10.7. The van der Waals surface area contributed by atoms with Crippen LogP contribution in [0.4, 0.5) is 5.69 Å². The van der Waals surface area contributed by atoms with Gasteiger partial charge in [0.1, 0.15) is 0 Å². The van der Waals surface area contributed by atoms with Crippen LogP contribution in [0.5, 0.6) is 0 Å². The van der Waals surface area contributed by atoms with Gasteiger partial charge >= 0.3 is 0 Å². The Balaban J connectivity index is 0.000000346. The number of nitrogens with zero attached hydrogens (tertiary/aromatic N) is 2. The van der Waals surface area contributed by atoms with Gasteiger partial charge in [-0.15, -0.1) is 0 Å². The van der Waals surface area contributed by atoms with E-state index in [1.54, 1.807) is 20.8 Å². The lowest BCUT2D eigenvalue weighted by Gasteiger charge is -2.31. The van der Waals surface area contributed by atoms with Crippen LogP contribution in [-0.4, -0.2) is 42.4 Å². The van der Waals surface area contributed by atoms with Crippen molar-refractivity contribution in [1.82, 2.24) is 4.57 Å². The SMILES string of the molecule is CC(C)(C)O.CCc1c(C)c2c3c(ccn3CCN2C)c1-c1ccc(C)cc1.COC=O. The lowest BCUT2D eigenvalue weighted by Crippen LogP contribution is -2.28. The zero-order chi connectivity index (χ0) is 24.1. The van der Waals surface area contributed by atoms with Crippen molar-refractivity contribution in [3.63, 3.8) is 0 Å². The minimum absolute atomic E-state index is 0.375. The number of methoxy groups -OCH3 is 1. The normalized spacial score (nSPS) is 12.5. The monoisotopic (exact) mass is 438 g/mol. The highest BCUT2D eigenvalue weighted by Gasteiger charge is 2.24. The Morgan fingerprint density at radius 2 is 1.66 bits per heavy atom. The van der Waals surface area contributed by atoms with Crippen LogP contribution in [0.2, 0.25) is 0 Å². The van der Waals surface area contributed by atoms with Crippen molar-refractivity contribution < 1.29 is 14.6 Å². The molecule has 0 aliphatic carbocycles. The summed E-state index contributed by atoms with van der Waals surface area (Å²) in [4.78, 5) is 11.4. The van der Waals surface area contributed by atoms with E-state index in [1.165, 1.54) is 51.5 Å². The van der Waals surface area contributed by atoms with Crippen molar-refractivity contribution in [1.29, 1.82) is 0 Å². The van der Waals surface area contributed by atoms with E-state index in [0.717, 1.165) is 19.5 Å². The summed E-state index contributed by atoms with van der Waals surface area (Å²) < 4.78 is 6.29. The van der Waals surface area contributed by atoms with Gasteiger partial charge in [-0.1, -0.05) is 36.8 Å². The van der Waals surface area contributed by atoms with E-state index >= 15 is 0 Å². The molecule has 174 valence electrons. The van der Waals surface area contributed by atoms with E-state index in [-0.39, 0.29) is 0 Å². The summed E-state index contributed by atoms with van der Waals surface area (Å²) in [5.74, 6) is 0. The van der Waals surface area contributed by atoms with Gasteiger partial charge in [-0.05, 0) is 69.4 Å². The number of hydrogen-bond acceptors (Lipinski definition) is 4. The predicted molar refractivity (Wildman–Crippen MR) is 135 cm³/mol. The van der Waals surface area contributed by atoms with Crippen molar-refractivity contribution >= 4 is 23.1 Å². The molecule has 0 bridgehead atoms. The highest BCUT2D eigenvalue weighted by Crippen LogP contribution is 2.43. The van der Waals surface area contributed by atoms with Gasteiger partial charge in [0.15, 0.2) is 0 Å². The molecule has 5 heteroatoms. The fourth-order valence-electron chi connectivity index (χ4n) is 4.12. The molecule has 1 aliphatic rings. The van der Waals surface area contributed by atoms with Crippen molar-refractivity contribution in [2.75, 3.05) is 25.6 Å². The molecule has 0 atom stereocenters. The summed E-state index contributed by atoms with van der Waals surface area (Å²) in [6, 6.07) is 11.3. The van der Waals surface area contributed by atoms with Crippen LogP contribution >= 0.6 is 0 Å². The Hall–Kier alpha value is -2.79. The summed E-state index contributed by atoms with van der Waals surface area (Å²) in [6.45, 7) is 14.5. The van der Waals surface area contributed by atoms with E-state index in [9.17, 15) is 0 Å². The first-order chi connectivity index (χ1) is 15.0. The van der Waals surface area contributed by atoms with Crippen LogP contribution in [0.3, 0.4) is 0 Å². The highest BCUT2D eigenvalue weighted by atomic mass is 16.5. The number of likely N-dealkylation sites (N-methyl/N-ethyl adjacent to an activating group) is 1. The Kier molecular flexibility index (Phi) is 8.51. The average Bonchev–Trinajstić information content (AvgIpc) is 3.15. The minimum atomic E-state index is -0.500. The fourth-order valence-corrected chi connectivity index (χ4v) is 4.12. The van der Waals surface area contributed by atoms with Crippen LogP contribution in [0.1, 0.15) is 44.4 Å². The molecule has 0 fully saturated rings. The van der Waals surface area contributed by atoms with Crippen LogP contribution in [-0.2, 0) is 22.5 Å². The number of aliphatic hydroxyl groups is 1. The van der Waals surface area contributed by atoms with Gasteiger partial charge in [0, 0.05) is 31.7 Å². The topological polar surface area (TPSA) is 54.7 Å². The predicted octanol–water partition coefficient (Wildman–Crippen LogP) is 5.50. The first kappa shape index (κ1) is 25.5. The Morgan fingerprint density at radius 1 is 1.09 bits per heavy atom. The quantitative estimate of drug-likeness (QED) is 0.548. The maximum atomic E-state index is 8.95. The number of aromatic nitrogens is 1. The zero-order valence-electron chi connectivity index (χ0n) is 20.8. The van der Waals surface area contributed by atoms with E-state index in [2.05, 4.69) is 78.6 Å². The Morgan fingerprint density at radius 3 is 2.16 bits per heavy atom. The molecule has 1 aliphatic heterocycles. The smallest absolute Gasteiger partial charge is 0.292 e. The highest BCUT2D eigenvalue weighted by molar-refractivity contribution is 6.06. The van der Waals surface area contributed by atoms with Gasteiger partial charge < -0.3 is 19.3 Å². The number of benzene rings is 2. The molecule has 0 amide bonds. The van der Waals surface area contributed by atoms with Crippen molar-refractivity contribution in [2.24, 2.45) is 0 Å². The van der Waals surface area contributed by atoms with Crippen LogP contribution < -0.4 is 4.90 Å². The maximum absolute atomic E-state index is 8.95. The number of ether oxygens (including phenoxy) is 1. The number of carbonyl (C=O) groups excluding carboxylic acids is 1. The standard InChI is InChI=1S/C21H24N2.C4H10O.C2H4O2/c1-5-17-15(3)20-21-18(10-11-23(21)13-12-22(20)4)19(17)16-8-6-14(2)7-9-16;1-4(2,3)5;1-4-2-3/h6-11H,5,12-13H2,1-4H3;5H,1-3H3;2H,1H3. The molecule has 0 radical (unpaired) electrons. The van der Waals surface area contributed by atoms with Crippen molar-refractivity contribution in [3.05, 3.63) is 53.2 Å². The van der Waals surface area contributed by atoms with E-state index < -0.39 is 5.60 Å². The molecule has 0 unspecified atom stereocenters. The zero-order valence-corrected chi connectivity index (χ0v) is 20.8. The first-order valence-corrected chi connectivity index (χ1v) is 11.1. The summed E-state index contributed by atoms with van der Waals surface area (Å²) in [6.07, 6.45) is 3.33. The molecule has 2 heterocycles. The second-order valence-corrected chi connectivity index (χ2v) is 9.24. The largest absolute Gasteiger partial charge is 0.471 e. The maximum Gasteiger partial charge on any atom is 0.292 e. The van der Waals surface area contributed by atoms with Crippen molar-refractivity contribution in [3.8, 4) is 11.1 Å². The number of anilines is 1. The van der Waals surface area contributed by atoms with E-state index in [0.29, 0.717) is 6.47 Å². The molecule has 4 rings (SSSR count). The molecule has 1 aromatic heterocycles. The fraction of sp³-hybridized carbons (Fsp3) is 0.444. The molecular formula is C27H38N2O3. The van der Waals surface area contributed by atoms with Crippen LogP contribution in [0.15, 0.2) is 36.5 Å². The number of rotatable bonds is 3. The van der Waals surface area contributed by atoms with Gasteiger partial charge in [-0.25, -0.2) is 0 Å². The van der Waals surface area contributed by atoms with Crippen LogP contribution in [0, 0.1) is 13.8 Å². The third-order valence-electron chi connectivity index (χ3n) is 5.41. The molecular weight excluding hydrogens is 400 g/mol. The Bertz CT molecular complexity index is 1040. The third-order valence-corrected chi connectivity index (χ3v) is 5.41. The Labute approximate surface area is 192 Å². The van der Waals surface area contributed by atoms with Gasteiger partial charge in [-0.3, -0.25) is 4.79 Å². The molecule has 0 spiro atoms. The van der Waals surface area contributed by atoms with Gasteiger partial charge in [0.25, 0.3) is 6.47 Å². The van der Waals surface area contributed by atoms with Gasteiger partial charge in [-0.2, -0.15) is 0 Å². The second-order valence-electron chi connectivity index (χ2n) is 9.24. The molecule has 2 aromatic carbocycles. The summed E-state index contributed by atoms with van der Waals surface area (Å²) in [5, 5.41) is 9.92. The molecule has 32 heavy (non-hydrogen) atoms. The molecule has 0 saturated carbocycles. The van der Waals surface area contributed by atoms with Gasteiger partial charge in [0.05, 0.1) is 23.9 Å². The molecule has 1 N–H and O–H groups in total. The van der Waals surface area contributed by atoms with E-state index in [4.69, 9.17) is 9.90 Å². The van der Waals surface area contributed by atoms with Crippen LogP contribution in [0.25, 0.3) is 22.0 Å². The summed E-state index contributed by atoms with van der Waals surface area (Å²) in [7, 11) is 3.54. The molecule has 3 aromatic rings. The van der Waals surface area contributed by atoms with E-state index in [1.807, 2.05) is 0 Å². The first-order valence-electron chi connectivity index (χ1n) is 11.1. The number of aryl methyl sites for hydroxylation is 1. The summed E-state index contributed by atoms with van der Waals surface area (Å²) >= 11 is 0. The third kappa shape index (κ3) is 5.92. The molecule has 0 saturated heterocycles. The minimum Gasteiger partial charge on any atom is -0.471 e. The van der Waals surface area contributed by atoms with Crippen molar-refractivity contribution in [2.45, 2.75) is 60.1 Å². The lowest BCUT2D eigenvalue weighted by atomic mass is 9.89. The summed E-state index contributed by atoms with van der Waals surface area (Å²) in [5.41, 5.74) is 9.34. The number of carbonyl (C=O) groups is 1. The average molecular weight is 439 g/mol. The molecule has 5 nitrogen and oxygen atoms in total. The van der Waals surface area contributed by atoms with Gasteiger partial charge in [0.2, 0.25) is 0 Å². The number of hydrogen-bond donors (Lipinski definition) is 1. The lowest BCUT2D eigenvalue weighted by molar-refractivity contribution is -0.126.